The third-order valence-electron chi connectivity index (χ3n) is 3.46. The zero-order chi connectivity index (χ0) is 10.8. The molecule has 1 aliphatic carbocycles. The van der Waals surface area contributed by atoms with E-state index >= 15 is 0 Å². The number of rotatable bonds is 1. The van der Waals surface area contributed by atoms with Gasteiger partial charge in [0.2, 0.25) is 0 Å². The van der Waals surface area contributed by atoms with Gasteiger partial charge in [-0.25, -0.2) is 0 Å². The van der Waals surface area contributed by atoms with Crippen LogP contribution in [0.4, 0.5) is 0 Å². The van der Waals surface area contributed by atoms with Crippen LogP contribution in [0.15, 0.2) is 0 Å². The van der Waals surface area contributed by atoms with Crippen LogP contribution in [-0.2, 0) is 9.47 Å². The van der Waals surface area contributed by atoms with Crippen molar-refractivity contribution in [1.29, 1.82) is 5.26 Å². The Morgan fingerprint density at radius 1 is 1.13 bits per heavy atom. The molecule has 2 aliphatic rings. The van der Waals surface area contributed by atoms with E-state index in [-0.39, 0.29) is 5.41 Å². The number of hydrogen-bond donors (Lipinski definition) is 0. The van der Waals surface area contributed by atoms with Gasteiger partial charge in [-0.3, -0.25) is 0 Å². The first kappa shape index (κ1) is 10.5. The van der Waals surface area contributed by atoms with E-state index in [0.29, 0.717) is 19.6 Å². The molecule has 0 aromatic rings. The number of nitrogens with zero attached hydrogens (tertiary/aromatic N) is 1. The van der Waals surface area contributed by atoms with Crippen molar-refractivity contribution in [1.82, 2.24) is 0 Å². The molecule has 1 heterocycles. The summed E-state index contributed by atoms with van der Waals surface area (Å²) in [5.74, 6) is 2.21. The van der Waals surface area contributed by atoms with Crippen molar-refractivity contribution in [3.05, 3.63) is 0 Å². The zero-order valence-corrected chi connectivity index (χ0v) is 8.79. The molecular weight excluding hydrogens is 190 g/mol. The van der Waals surface area contributed by atoms with E-state index in [1.807, 2.05) is 0 Å². The van der Waals surface area contributed by atoms with Gasteiger partial charge in [-0.15, -0.1) is 12.3 Å². The summed E-state index contributed by atoms with van der Waals surface area (Å²) in [7, 11) is 0. The second-order valence-electron chi connectivity index (χ2n) is 4.38. The third-order valence-corrected chi connectivity index (χ3v) is 3.46. The monoisotopic (exact) mass is 205 g/mol. The molecule has 3 nitrogen and oxygen atoms in total. The van der Waals surface area contributed by atoms with Gasteiger partial charge >= 0.3 is 0 Å². The fourth-order valence-corrected chi connectivity index (χ4v) is 2.42. The fraction of sp³-hybridized carbons (Fsp3) is 0.750. The minimum atomic E-state index is -0.394. The molecule has 0 amide bonds. The smallest absolute Gasteiger partial charge is 0.168 e. The van der Waals surface area contributed by atoms with Crippen LogP contribution < -0.4 is 0 Å². The highest BCUT2D eigenvalue weighted by Crippen LogP contribution is 2.45. The van der Waals surface area contributed by atoms with Gasteiger partial charge < -0.3 is 9.47 Å². The summed E-state index contributed by atoms with van der Waals surface area (Å²) in [6, 6.07) is 2.37. The maximum Gasteiger partial charge on any atom is 0.168 e. The van der Waals surface area contributed by atoms with Gasteiger partial charge in [0.15, 0.2) is 5.79 Å². The predicted octanol–water partition coefficient (Wildman–Crippen LogP) is 1.84. The van der Waals surface area contributed by atoms with E-state index in [4.69, 9.17) is 15.9 Å². The first-order chi connectivity index (χ1) is 7.24. The molecule has 1 saturated carbocycles. The fourth-order valence-electron chi connectivity index (χ4n) is 2.42. The molecule has 15 heavy (non-hydrogen) atoms. The van der Waals surface area contributed by atoms with Crippen molar-refractivity contribution in [2.45, 2.75) is 37.9 Å². The van der Waals surface area contributed by atoms with Crippen LogP contribution in [0.3, 0.4) is 0 Å². The lowest BCUT2D eigenvalue weighted by molar-refractivity contribution is -0.187. The molecule has 0 aromatic heterocycles. The van der Waals surface area contributed by atoms with Crippen LogP contribution in [-0.4, -0.2) is 19.0 Å². The molecule has 0 aromatic carbocycles. The van der Waals surface area contributed by atoms with Gasteiger partial charge in [0.25, 0.3) is 0 Å². The summed E-state index contributed by atoms with van der Waals surface area (Å²) in [6.07, 6.45) is 9.00. The molecule has 0 bridgehead atoms. The van der Waals surface area contributed by atoms with Gasteiger partial charge in [0.1, 0.15) is 0 Å². The Balaban J connectivity index is 2.02. The molecule has 1 aliphatic heterocycles. The van der Waals surface area contributed by atoms with Crippen molar-refractivity contribution in [3.8, 4) is 18.4 Å². The average Bonchev–Trinajstić information content (AvgIpc) is 2.72. The maximum absolute atomic E-state index is 9.18. The molecule has 0 N–H and O–H groups in total. The Bertz CT molecular complexity index is 307. The van der Waals surface area contributed by atoms with Gasteiger partial charge in [-0.2, -0.15) is 5.26 Å². The van der Waals surface area contributed by atoms with Gasteiger partial charge in [-0.05, 0) is 12.8 Å². The minimum absolute atomic E-state index is 0.338. The minimum Gasteiger partial charge on any atom is -0.348 e. The highest BCUT2D eigenvalue weighted by molar-refractivity contribution is 5.09. The lowest BCUT2D eigenvalue weighted by atomic mass is 9.71. The molecule has 2 fully saturated rings. The van der Waals surface area contributed by atoms with Gasteiger partial charge in [0, 0.05) is 19.3 Å². The molecule has 0 unspecified atom stereocenters. The van der Waals surface area contributed by atoms with Crippen molar-refractivity contribution in [2.75, 3.05) is 13.2 Å². The first-order valence-electron chi connectivity index (χ1n) is 5.37. The standard InChI is InChI=1S/C12H15NO2/c1-2-3-11(10-13)4-6-12(7-5-11)14-8-9-15-12/h1H,3-9H2. The molecule has 2 rings (SSSR count). The predicted molar refractivity (Wildman–Crippen MR) is 54.6 cm³/mol. The Hall–Kier alpha value is -1.03. The molecule has 0 radical (unpaired) electrons. The van der Waals surface area contributed by atoms with Crippen molar-refractivity contribution < 1.29 is 9.47 Å². The molecular formula is C12H15NO2. The van der Waals surface area contributed by atoms with E-state index in [2.05, 4.69) is 12.0 Å². The molecule has 0 atom stereocenters. The summed E-state index contributed by atoms with van der Waals surface area (Å²) in [6.45, 7) is 1.35. The van der Waals surface area contributed by atoms with Crippen LogP contribution in [0.1, 0.15) is 32.1 Å². The third kappa shape index (κ3) is 1.86. The molecule has 1 spiro atoms. The largest absolute Gasteiger partial charge is 0.348 e. The van der Waals surface area contributed by atoms with Crippen LogP contribution in [0, 0.1) is 29.1 Å². The topological polar surface area (TPSA) is 42.2 Å². The van der Waals surface area contributed by atoms with Crippen molar-refractivity contribution in [2.24, 2.45) is 5.41 Å². The quantitative estimate of drug-likeness (QED) is 0.613. The number of terminal acetylenes is 1. The SMILES string of the molecule is C#CCC1(C#N)CCC2(CC1)OCCO2. The second-order valence-corrected chi connectivity index (χ2v) is 4.38. The van der Waals surface area contributed by atoms with Crippen LogP contribution in [0.25, 0.3) is 0 Å². The Morgan fingerprint density at radius 2 is 1.73 bits per heavy atom. The number of hydrogen-bond acceptors (Lipinski definition) is 3. The van der Waals surface area contributed by atoms with Crippen LogP contribution in [0.2, 0.25) is 0 Å². The lowest BCUT2D eigenvalue weighted by Crippen LogP contribution is -2.39. The maximum atomic E-state index is 9.18. The molecule has 1 saturated heterocycles. The van der Waals surface area contributed by atoms with Crippen molar-refractivity contribution in [3.63, 3.8) is 0 Å². The number of ether oxygens (including phenoxy) is 2. The number of nitriles is 1. The normalized spacial score (nSPS) is 27.1. The summed E-state index contributed by atoms with van der Waals surface area (Å²) in [4.78, 5) is 0. The highest BCUT2D eigenvalue weighted by atomic mass is 16.7. The highest BCUT2D eigenvalue weighted by Gasteiger charge is 2.46. The van der Waals surface area contributed by atoms with Gasteiger partial charge in [-0.1, -0.05) is 0 Å². The van der Waals surface area contributed by atoms with E-state index in [1.54, 1.807) is 0 Å². The Kier molecular flexibility index (Phi) is 2.69. The van der Waals surface area contributed by atoms with E-state index in [1.165, 1.54) is 0 Å². The molecule has 3 heteroatoms. The van der Waals surface area contributed by atoms with E-state index in [0.717, 1.165) is 25.7 Å². The Morgan fingerprint density at radius 3 is 2.20 bits per heavy atom. The zero-order valence-electron chi connectivity index (χ0n) is 8.79. The van der Waals surface area contributed by atoms with Crippen LogP contribution >= 0.6 is 0 Å². The van der Waals surface area contributed by atoms with Gasteiger partial charge in [0.05, 0.1) is 24.7 Å². The summed E-state index contributed by atoms with van der Waals surface area (Å²) < 4.78 is 11.2. The summed E-state index contributed by atoms with van der Waals surface area (Å²) >= 11 is 0. The lowest BCUT2D eigenvalue weighted by Gasteiger charge is -2.38. The van der Waals surface area contributed by atoms with Crippen LogP contribution in [0.5, 0.6) is 0 Å². The Labute approximate surface area is 90.4 Å². The van der Waals surface area contributed by atoms with E-state index in [9.17, 15) is 5.26 Å². The summed E-state index contributed by atoms with van der Waals surface area (Å²) in [5, 5.41) is 9.18. The van der Waals surface area contributed by atoms with E-state index < -0.39 is 5.79 Å². The molecule has 80 valence electrons. The summed E-state index contributed by atoms with van der Waals surface area (Å²) in [5.41, 5.74) is -0.338. The second kappa shape index (κ2) is 3.85. The first-order valence-corrected chi connectivity index (χ1v) is 5.37. The van der Waals surface area contributed by atoms with Crippen molar-refractivity contribution >= 4 is 0 Å². The average molecular weight is 205 g/mol.